The Morgan fingerprint density at radius 2 is 2.02 bits per heavy atom. The number of imidazole rings is 1. The van der Waals surface area contributed by atoms with Gasteiger partial charge in [0.15, 0.2) is 0 Å². The van der Waals surface area contributed by atoms with E-state index in [0.717, 1.165) is 38.2 Å². The molecule has 8 nitrogen and oxygen atoms in total. The van der Waals surface area contributed by atoms with Gasteiger partial charge in [0, 0.05) is 49.9 Å². The van der Waals surface area contributed by atoms with Gasteiger partial charge in [-0.15, -0.1) is 0 Å². The number of carbonyl (C=O) groups excluding carboxylic acids is 1. The fourth-order valence-electron chi connectivity index (χ4n) is 6.59. The molecule has 0 saturated carbocycles. The van der Waals surface area contributed by atoms with E-state index < -0.39 is 11.8 Å². The van der Waals surface area contributed by atoms with Crippen LogP contribution in [0.1, 0.15) is 54.9 Å². The Balaban J connectivity index is 1.32. The molecule has 2 aromatic heterocycles. The van der Waals surface area contributed by atoms with Crippen LogP contribution >= 0.6 is 0 Å². The van der Waals surface area contributed by atoms with Crippen LogP contribution in [-0.2, 0) is 9.47 Å². The fourth-order valence-corrected chi connectivity index (χ4v) is 6.59. The first kappa shape index (κ1) is 29.2. The standard InChI is InChI=1S/C32H41F2N5O3/c1-19(2)29(18-42-25-7-8-35-13-25)37-14-23(15-37)22-11-27(30-31(34)36-21(4)39(30)16-22)26-6-5-24(33)12-28(26)32(40)38-9-10-41-17-20(38)3/h5-6,11-12,16,19-20,23,25,29,35H,7-10,13-15,17-18H2,1-4H3/t20-,25+,29-/m1/s1. The molecule has 0 unspecified atom stereocenters. The van der Waals surface area contributed by atoms with Crippen molar-refractivity contribution in [3.8, 4) is 11.1 Å². The Labute approximate surface area is 246 Å². The molecule has 3 aliphatic heterocycles. The lowest BCUT2D eigenvalue weighted by atomic mass is 9.86. The highest BCUT2D eigenvalue weighted by molar-refractivity contribution is 6.03. The zero-order valence-electron chi connectivity index (χ0n) is 24.9. The van der Waals surface area contributed by atoms with Gasteiger partial charge in [-0.2, -0.15) is 4.39 Å². The lowest BCUT2D eigenvalue weighted by Crippen LogP contribution is -2.54. The maximum absolute atomic E-state index is 15.3. The molecule has 1 amide bonds. The minimum atomic E-state index is -0.606. The molecule has 3 aromatic rings. The topological polar surface area (TPSA) is 71.3 Å². The van der Waals surface area contributed by atoms with Crippen molar-refractivity contribution >= 4 is 11.4 Å². The van der Waals surface area contributed by atoms with Gasteiger partial charge in [-0.05, 0) is 62.1 Å². The Bertz CT molecular complexity index is 1450. The van der Waals surface area contributed by atoms with Gasteiger partial charge >= 0.3 is 0 Å². The van der Waals surface area contributed by atoms with Gasteiger partial charge in [-0.3, -0.25) is 9.69 Å². The van der Waals surface area contributed by atoms with Crippen LogP contribution in [0.15, 0.2) is 30.5 Å². The summed E-state index contributed by atoms with van der Waals surface area (Å²) >= 11 is 0. The van der Waals surface area contributed by atoms with Crippen molar-refractivity contribution in [1.82, 2.24) is 24.5 Å². The average Bonchev–Trinajstić information content (AvgIpc) is 3.56. The van der Waals surface area contributed by atoms with Gasteiger partial charge in [0.05, 0.1) is 37.5 Å². The molecule has 1 N–H and O–H groups in total. The highest BCUT2D eigenvalue weighted by atomic mass is 19.1. The number of rotatable bonds is 8. The van der Waals surface area contributed by atoms with Gasteiger partial charge in [0.25, 0.3) is 5.91 Å². The molecule has 10 heteroatoms. The summed E-state index contributed by atoms with van der Waals surface area (Å²) in [6.45, 7) is 13.8. The molecule has 6 rings (SSSR count). The third-order valence-electron chi connectivity index (χ3n) is 9.16. The number of amides is 1. The van der Waals surface area contributed by atoms with Crippen molar-refractivity contribution < 1.29 is 23.0 Å². The zero-order chi connectivity index (χ0) is 29.5. The highest BCUT2D eigenvalue weighted by Crippen LogP contribution is 2.37. The van der Waals surface area contributed by atoms with E-state index in [0.29, 0.717) is 60.8 Å². The number of benzene rings is 1. The number of morpholine rings is 1. The van der Waals surface area contributed by atoms with E-state index in [-0.39, 0.29) is 29.5 Å². The predicted molar refractivity (Wildman–Crippen MR) is 157 cm³/mol. The van der Waals surface area contributed by atoms with Gasteiger partial charge in [0.1, 0.15) is 17.2 Å². The first-order valence-electron chi connectivity index (χ1n) is 15.1. The first-order valence-corrected chi connectivity index (χ1v) is 15.1. The largest absolute Gasteiger partial charge is 0.377 e. The second-order valence-corrected chi connectivity index (χ2v) is 12.4. The molecule has 5 heterocycles. The van der Waals surface area contributed by atoms with Crippen LogP contribution in [0.5, 0.6) is 0 Å². The SMILES string of the molecule is Cc1nc(F)c2c(-c3ccc(F)cc3C(=O)N3CCOC[C@H]3C)cc(C3CN([C@H](CO[C@H]4CCNC4)C(C)C)C3)cn12. The summed E-state index contributed by atoms with van der Waals surface area (Å²) in [5.74, 6) is -0.203. The van der Waals surface area contributed by atoms with E-state index in [1.165, 1.54) is 12.1 Å². The van der Waals surface area contributed by atoms with Gasteiger partial charge in [-0.25, -0.2) is 9.37 Å². The third-order valence-corrected chi connectivity index (χ3v) is 9.16. The molecule has 0 spiro atoms. The minimum absolute atomic E-state index is 0.147. The summed E-state index contributed by atoms with van der Waals surface area (Å²) in [6, 6.07) is 6.32. The Kier molecular flexibility index (Phi) is 8.33. The number of halogens is 2. The van der Waals surface area contributed by atoms with Crippen molar-refractivity contribution in [3.05, 3.63) is 59.2 Å². The molecule has 42 heavy (non-hydrogen) atoms. The summed E-state index contributed by atoms with van der Waals surface area (Å²) in [5, 5.41) is 3.36. The Morgan fingerprint density at radius 3 is 2.74 bits per heavy atom. The monoisotopic (exact) mass is 581 g/mol. The number of hydrogen-bond acceptors (Lipinski definition) is 6. The second kappa shape index (κ2) is 12.0. The third kappa shape index (κ3) is 5.57. The number of likely N-dealkylation sites (tertiary alicyclic amines) is 1. The number of fused-ring (bicyclic) bond motifs is 1. The molecule has 3 fully saturated rings. The molecular formula is C32H41F2N5O3. The van der Waals surface area contributed by atoms with Crippen LogP contribution in [0.2, 0.25) is 0 Å². The number of aryl methyl sites for hydroxylation is 1. The number of carbonyl (C=O) groups is 1. The summed E-state index contributed by atoms with van der Waals surface area (Å²) in [7, 11) is 0. The van der Waals surface area contributed by atoms with Crippen LogP contribution in [-0.4, -0.2) is 95.8 Å². The van der Waals surface area contributed by atoms with Crippen LogP contribution in [0, 0.1) is 24.6 Å². The van der Waals surface area contributed by atoms with E-state index in [2.05, 4.69) is 29.0 Å². The lowest BCUT2D eigenvalue weighted by molar-refractivity contribution is -0.0247. The summed E-state index contributed by atoms with van der Waals surface area (Å²) in [5.41, 5.74) is 2.60. The summed E-state index contributed by atoms with van der Waals surface area (Å²) in [6.07, 6.45) is 3.29. The van der Waals surface area contributed by atoms with E-state index in [9.17, 15) is 9.18 Å². The quantitative estimate of drug-likeness (QED) is 0.429. The van der Waals surface area contributed by atoms with Crippen LogP contribution in [0.4, 0.5) is 8.78 Å². The fraction of sp³-hybridized carbons (Fsp3) is 0.562. The zero-order valence-corrected chi connectivity index (χ0v) is 24.9. The summed E-state index contributed by atoms with van der Waals surface area (Å²) < 4.78 is 43.5. The van der Waals surface area contributed by atoms with E-state index >= 15 is 4.39 Å². The minimum Gasteiger partial charge on any atom is -0.377 e. The predicted octanol–water partition coefficient (Wildman–Crippen LogP) is 4.25. The Morgan fingerprint density at radius 1 is 1.21 bits per heavy atom. The Hall–Kier alpha value is -2.92. The van der Waals surface area contributed by atoms with Crippen molar-refractivity contribution in [2.45, 2.75) is 58.2 Å². The maximum Gasteiger partial charge on any atom is 0.254 e. The van der Waals surface area contributed by atoms with E-state index in [1.54, 1.807) is 22.3 Å². The molecule has 1 aromatic carbocycles. The van der Waals surface area contributed by atoms with Gasteiger partial charge in [-0.1, -0.05) is 19.9 Å². The number of hydrogen-bond donors (Lipinski definition) is 1. The molecule has 3 saturated heterocycles. The smallest absolute Gasteiger partial charge is 0.254 e. The van der Waals surface area contributed by atoms with Gasteiger partial charge in [0.2, 0.25) is 5.95 Å². The van der Waals surface area contributed by atoms with Crippen LogP contribution < -0.4 is 5.32 Å². The average molecular weight is 582 g/mol. The molecule has 3 atom stereocenters. The number of pyridine rings is 1. The molecule has 0 bridgehead atoms. The number of nitrogens with zero attached hydrogens (tertiary/aromatic N) is 4. The number of nitrogens with one attached hydrogen (secondary N) is 1. The molecule has 0 aliphatic carbocycles. The number of aromatic nitrogens is 2. The van der Waals surface area contributed by atoms with E-state index in [4.69, 9.17) is 9.47 Å². The van der Waals surface area contributed by atoms with Crippen molar-refractivity contribution in [1.29, 1.82) is 0 Å². The molecule has 226 valence electrons. The lowest BCUT2D eigenvalue weighted by Gasteiger charge is -2.46. The normalized spacial score (nSPS) is 22.7. The van der Waals surface area contributed by atoms with Crippen molar-refractivity contribution in [3.63, 3.8) is 0 Å². The second-order valence-electron chi connectivity index (χ2n) is 12.4. The van der Waals surface area contributed by atoms with Gasteiger partial charge < -0.3 is 24.1 Å². The molecule has 3 aliphatic rings. The number of ether oxygens (including phenoxy) is 2. The van der Waals surface area contributed by atoms with E-state index in [1.807, 2.05) is 19.2 Å². The van der Waals surface area contributed by atoms with Crippen LogP contribution in [0.25, 0.3) is 16.6 Å². The first-order chi connectivity index (χ1) is 20.2. The molecule has 0 radical (unpaired) electrons. The van der Waals surface area contributed by atoms with Crippen molar-refractivity contribution in [2.75, 3.05) is 52.5 Å². The molecular weight excluding hydrogens is 540 g/mol. The maximum atomic E-state index is 15.3. The van der Waals surface area contributed by atoms with Crippen molar-refractivity contribution in [2.24, 2.45) is 5.92 Å². The summed E-state index contributed by atoms with van der Waals surface area (Å²) in [4.78, 5) is 22.1. The van der Waals surface area contributed by atoms with Crippen LogP contribution in [0.3, 0.4) is 0 Å². The highest BCUT2D eigenvalue weighted by Gasteiger charge is 2.36.